The molecule has 0 aliphatic heterocycles. The summed E-state index contributed by atoms with van der Waals surface area (Å²) in [7, 11) is 0. The maximum atomic E-state index is 15.1. The van der Waals surface area contributed by atoms with Gasteiger partial charge in [-0.15, -0.1) is 0 Å². The van der Waals surface area contributed by atoms with Crippen molar-refractivity contribution in [1.82, 2.24) is 0 Å². The summed E-state index contributed by atoms with van der Waals surface area (Å²) in [5, 5.41) is 7.04. The lowest BCUT2D eigenvalue weighted by Crippen LogP contribution is -2.34. The number of benzene rings is 6. The number of ketones is 1. The van der Waals surface area contributed by atoms with E-state index in [1.165, 1.54) is 5.56 Å². The predicted octanol–water partition coefficient (Wildman–Crippen LogP) is 8.20. The minimum Gasteiger partial charge on any atom is -0.289 e. The van der Waals surface area contributed by atoms with Gasteiger partial charge in [-0.3, -0.25) is 4.79 Å². The van der Waals surface area contributed by atoms with Gasteiger partial charge in [0.1, 0.15) is 0 Å². The molecule has 0 aromatic heterocycles. The van der Waals surface area contributed by atoms with Gasteiger partial charge in [0.2, 0.25) is 0 Å². The van der Waals surface area contributed by atoms with E-state index < -0.39 is 6.89 Å². The normalized spacial score (nSPS) is 11.3. The fourth-order valence-electron chi connectivity index (χ4n) is 5.64. The Labute approximate surface area is 240 Å². The van der Waals surface area contributed by atoms with Crippen LogP contribution in [-0.2, 0) is 0 Å². The molecule has 6 aromatic carbocycles. The van der Waals surface area contributed by atoms with Crippen LogP contribution in [0, 0.1) is 6.92 Å². The van der Waals surface area contributed by atoms with Crippen molar-refractivity contribution in [2.75, 3.05) is 0 Å². The lowest BCUT2D eigenvalue weighted by molar-refractivity contribution is 0.106. The predicted molar refractivity (Wildman–Crippen MR) is 174 cm³/mol. The van der Waals surface area contributed by atoms with Crippen molar-refractivity contribution in [2.45, 2.75) is 6.92 Å². The Morgan fingerprint density at radius 3 is 1.48 bits per heavy atom. The van der Waals surface area contributed by atoms with Gasteiger partial charge in [-0.2, -0.15) is 0 Å². The second-order valence-corrected chi connectivity index (χ2v) is 13.6. The molecule has 0 fully saturated rings. The van der Waals surface area contributed by atoms with Crippen LogP contribution in [0.25, 0.3) is 10.8 Å². The van der Waals surface area contributed by atoms with E-state index in [4.69, 9.17) is 11.6 Å². The SMILES string of the molecule is Cc1ccc(C(C(=O)c2ccc(Cl)cc2)=P(c2ccccc2)(c2ccccc2)c2ccccc2)c2ccccc12. The van der Waals surface area contributed by atoms with Gasteiger partial charge >= 0.3 is 0 Å². The number of Topliss-reactive ketones (excluding diaryl/α,β-unsaturated/α-hetero) is 1. The highest BCUT2D eigenvalue weighted by Gasteiger charge is 2.35. The van der Waals surface area contributed by atoms with Gasteiger partial charge in [0, 0.05) is 15.9 Å². The van der Waals surface area contributed by atoms with E-state index in [9.17, 15) is 0 Å². The summed E-state index contributed by atoms with van der Waals surface area (Å²) in [5.41, 5.74) is 2.77. The van der Waals surface area contributed by atoms with Gasteiger partial charge in [-0.25, -0.2) is 0 Å². The summed E-state index contributed by atoms with van der Waals surface area (Å²) in [5.74, 6) is 0.00978. The maximum absolute atomic E-state index is 15.1. The Morgan fingerprint density at radius 2 is 0.975 bits per heavy atom. The van der Waals surface area contributed by atoms with Gasteiger partial charge in [-0.05, 0) is 75.9 Å². The molecule has 6 aromatic rings. The van der Waals surface area contributed by atoms with Crippen LogP contribution in [0.5, 0.6) is 0 Å². The summed E-state index contributed by atoms with van der Waals surface area (Å²) >= 11 is 6.27. The lowest BCUT2D eigenvalue weighted by Gasteiger charge is -2.33. The molecule has 1 nitrogen and oxygen atoms in total. The van der Waals surface area contributed by atoms with Gasteiger partial charge in [0.15, 0.2) is 5.78 Å². The molecule has 3 heteroatoms. The molecule has 0 amide bonds. The van der Waals surface area contributed by atoms with Crippen molar-refractivity contribution in [2.24, 2.45) is 0 Å². The van der Waals surface area contributed by atoms with Crippen molar-refractivity contribution in [1.29, 1.82) is 0 Å². The van der Waals surface area contributed by atoms with Crippen LogP contribution in [0.15, 0.2) is 152 Å². The standard InChI is InChI=1S/C37H28ClOP/c1-27-21-26-35(34-20-12-11-19-33(27)34)37(36(39)28-22-24-29(38)25-23-28)40(30-13-5-2-6-14-30,31-15-7-3-8-16-31)32-17-9-4-10-18-32/h2-26H,1H3. The van der Waals surface area contributed by atoms with E-state index >= 15 is 4.79 Å². The summed E-state index contributed by atoms with van der Waals surface area (Å²) in [6.07, 6.45) is 0. The molecule has 0 heterocycles. The molecule has 194 valence electrons. The van der Waals surface area contributed by atoms with Crippen molar-refractivity contribution >= 4 is 56.2 Å². The van der Waals surface area contributed by atoms with E-state index in [0.717, 1.165) is 37.5 Å². The Bertz CT molecular complexity index is 1760. The summed E-state index contributed by atoms with van der Waals surface area (Å²) in [6, 6.07) is 51.6. The van der Waals surface area contributed by atoms with Crippen LogP contribution < -0.4 is 15.9 Å². The van der Waals surface area contributed by atoms with E-state index in [2.05, 4.69) is 116 Å². The summed E-state index contributed by atoms with van der Waals surface area (Å²) in [6.45, 7) is -0.578. The summed E-state index contributed by atoms with van der Waals surface area (Å²) in [4.78, 5) is 15.1. The first kappa shape index (κ1) is 26.1. The van der Waals surface area contributed by atoms with Crippen molar-refractivity contribution in [3.8, 4) is 0 Å². The topological polar surface area (TPSA) is 17.1 Å². The van der Waals surface area contributed by atoms with Crippen LogP contribution in [0.1, 0.15) is 21.5 Å². The van der Waals surface area contributed by atoms with Crippen molar-refractivity contribution in [3.63, 3.8) is 0 Å². The second-order valence-electron chi connectivity index (χ2n) is 9.84. The third-order valence-corrected chi connectivity index (χ3v) is 12.1. The molecule has 0 saturated heterocycles. The number of rotatable bonds is 6. The first-order chi connectivity index (χ1) is 19.6. The highest BCUT2D eigenvalue weighted by atomic mass is 35.5. The molecule has 0 spiro atoms. The average molecular weight is 555 g/mol. The highest BCUT2D eigenvalue weighted by molar-refractivity contribution is 7.97. The second kappa shape index (κ2) is 11.1. The largest absolute Gasteiger partial charge is 0.289 e. The maximum Gasteiger partial charge on any atom is 0.194 e. The summed E-state index contributed by atoms with van der Waals surface area (Å²) < 4.78 is 0. The van der Waals surface area contributed by atoms with Gasteiger partial charge in [0.25, 0.3) is 0 Å². The molecule has 0 saturated carbocycles. The van der Waals surface area contributed by atoms with Crippen LogP contribution in [0.3, 0.4) is 0 Å². The molecule has 40 heavy (non-hydrogen) atoms. The molecule has 0 bridgehead atoms. The van der Waals surface area contributed by atoms with E-state index in [1.54, 1.807) is 12.1 Å². The Hall–Kier alpha value is -4.16. The van der Waals surface area contributed by atoms with Crippen LogP contribution in [0.2, 0.25) is 5.02 Å². The number of carbonyl (C=O) groups is 1. The minimum absolute atomic E-state index is 0.00978. The zero-order valence-electron chi connectivity index (χ0n) is 22.2. The van der Waals surface area contributed by atoms with Crippen LogP contribution in [-0.4, -0.2) is 11.1 Å². The van der Waals surface area contributed by atoms with E-state index in [-0.39, 0.29) is 5.78 Å². The van der Waals surface area contributed by atoms with Gasteiger partial charge < -0.3 is 0 Å². The minimum atomic E-state index is -2.70. The fourth-order valence-corrected chi connectivity index (χ4v) is 10.3. The lowest BCUT2D eigenvalue weighted by atomic mass is 9.95. The number of halogens is 1. The molecular formula is C37H28ClOP. The Kier molecular flexibility index (Phi) is 7.27. The Morgan fingerprint density at radius 1 is 0.525 bits per heavy atom. The van der Waals surface area contributed by atoms with Crippen LogP contribution >= 0.6 is 18.5 Å². The highest BCUT2D eigenvalue weighted by Crippen LogP contribution is 2.49. The molecule has 0 aliphatic rings. The number of aryl methyl sites for hydroxylation is 1. The van der Waals surface area contributed by atoms with Gasteiger partial charge in [0.05, 0.1) is 0 Å². The Balaban J connectivity index is 1.92. The third-order valence-electron chi connectivity index (χ3n) is 7.48. The smallest absolute Gasteiger partial charge is 0.194 e. The molecule has 0 unspecified atom stereocenters. The quantitative estimate of drug-likeness (QED) is 0.150. The zero-order chi connectivity index (χ0) is 27.5. The van der Waals surface area contributed by atoms with Gasteiger partial charge in [-0.1, -0.05) is 139 Å². The molecule has 0 atom stereocenters. The number of fused-ring (bicyclic) bond motifs is 1. The van der Waals surface area contributed by atoms with Crippen LogP contribution in [0.4, 0.5) is 0 Å². The fraction of sp³-hybridized carbons (Fsp3) is 0.0270. The molecule has 0 aliphatic carbocycles. The molecule has 6 rings (SSSR count). The molecular weight excluding hydrogens is 527 g/mol. The van der Waals surface area contributed by atoms with E-state index in [1.807, 2.05) is 30.3 Å². The van der Waals surface area contributed by atoms with E-state index in [0.29, 0.717) is 10.6 Å². The number of hydrogen-bond donors (Lipinski definition) is 0. The zero-order valence-corrected chi connectivity index (χ0v) is 23.8. The number of hydrogen-bond acceptors (Lipinski definition) is 1. The van der Waals surface area contributed by atoms with Crippen molar-refractivity contribution < 1.29 is 4.79 Å². The first-order valence-corrected chi connectivity index (χ1v) is 15.5. The van der Waals surface area contributed by atoms with Crippen molar-refractivity contribution in [3.05, 3.63) is 173 Å². The molecule has 0 N–H and O–H groups in total. The monoisotopic (exact) mass is 554 g/mol. The third kappa shape index (κ3) is 4.52. The molecule has 0 radical (unpaired) electrons. The average Bonchev–Trinajstić information content (AvgIpc) is 3.02. The first-order valence-electron chi connectivity index (χ1n) is 13.3. The number of carbonyl (C=O) groups excluding carboxylic acids is 1.